The molecule has 2 heterocycles. The molecule has 1 saturated heterocycles. The van der Waals surface area contributed by atoms with Gasteiger partial charge in [0.25, 0.3) is 0 Å². The predicted molar refractivity (Wildman–Crippen MR) is 117 cm³/mol. The van der Waals surface area contributed by atoms with Crippen molar-refractivity contribution < 1.29 is 13.2 Å². The minimum absolute atomic E-state index is 0.0727. The van der Waals surface area contributed by atoms with Gasteiger partial charge in [-0.3, -0.25) is 4.79 Å². The predicted octanol–water partition coefficient (Wildman–Crippen LogP) is 2.84. The molecule has 1 aliphatic heterocycles. The van der Waals surface area contributed by atoms with E-state index in [-0.39, 0.29) is 23.3 Å². The Morgan fingerprint density at radius 2 is 1.97 bits per heavy atom. The van der Waals surface area contributed by atoms with E-state index in [0.29, 0.717) is 37.0 Å². The van der Waals surface area contributed by atoms with E-state index < -0.39 is 10.0 Å². The first kappa shape index (κ1) is 20.9. The van der Waals surface area contributed by atoms with Gasteiger partial charge in [-0.15, -0.1) is 0 Å². The second-order valence-electron chi connectivity index (χ2n) is 7.47. The van der Waals surface area contributed by atoms with Gasteiger partial charge in [-0.2, -0.15) is 13.1 Å². The molecule has 1 amide bonds. The normalized spacial score (nSPS) is 17.8. The molecule has 1 aliphatic rings. The Bertz CT molecular complexity index is 1120. The topological polar surface area (TPSA) is 92.3 Å². The Labute approximate surface area is 180 Å². The van der Waals surface area contributed by atoms with Crippen LogP contribution < -0.4 is 5.32 Å². The van der Waals surface area contributed by atoms with Crippen LogP contribution in [0.15, 0.2) is 53.4 Å². The summed E-state index contributed by atoms with van der Waals surface area (Å²) in [4.78, 5) is 12.8. The molecule has 0 bridgehead atoms. The van der Waals surface area contributed by atoms with Crippen molar-refractivity contribution in [1.29, 1.82) is 0 Å². The van der Waals surface area contributed by atoms with Crippen LogP contribution in [0.2, 0.25) is 0 Å². The average molecular weight is 445 g/mol. The highest BCUT2D eigenvalue weighted by Crippen LogP contribution is 2.28. The van der Waals surface area contributed by atoms with Crippen molar-refractivity contribution >= 4 is 38.7 Å². The third kappa shape index (κ3) is 4.53. The Morgan fingerprint density at radius 3 is 2.80 bits per heavy atom. The van der Waals surface area contributed by atoms with E-state index in [1.807, 2.05) is 18.2 Å². The standard InChI is InChI=1S/C21H24N4O3S2/c26-21(22-13-5-9-16-7-2-1-3-8-16)17-10-6-14-25(15-17)30(27,28)19-12-4-11-18-20(19)24-29-23-18/h1-4,7-8,11-12,17H,5-6,9-10,13-15H2,(H,22,26)/t17-/m1/s1. The van der Waals surface area contributed by atoms with Gasteiger partial charge in [0.1, 0.15) is 15.9 Å². The molecular weight excluding hydrogens is 420 g/mol. The number of piperidine rings is 1. The number of nitrogens with one attached hydrogen (secondary N) is 1. The molecule has 9 heteroatoms. The van der Waals surface area contributed by atoms with E-state index in [2.05, 4.69) is 26.2 Å². The van der Waals surface area contributed by atoms with Gasteiger partial charge in [0.2, 0.25) is 15.9 Å². The van der Waals surface area contributed by atoms with Crippen molar-refractivity contribution in [3.63, 3.8) is 0 Å². The summed E-state index contributed by atoms with van der Waals surface area (Å²) in [7, 11) is -3.73. The molecule has 0 saturated carbocycles. The molecule has 7 nitrogen and oxygen atoms in total. The van der Waals surface area contributed by atoms with Gasteiger partial charge < -0.3 is 5.32 Å². The van der Waals surface area contributed by atoms with Gasteiger partial charge in [0, 0.05) is 19.6 Å². The zero-order chi connectivity index (χ0) is 21.0. The molecule has 158 valence electrons. The highest BCUT2D eigenvalue weighted by Gasteiger charge is 2.34. The Balaban J connectivity index is 1.36. The number of aryl methyl sites for hydroxylation is 1. The van der Waals surface area contributed by atoms with Crippen molar-refractivity contribution in [1.82, 2.24) is 18.4 Å². The van der Waals surface area contributed by atoms with Crippen molar-refractivity contribution in [3.8, 4) is 0 Å². The molecule has 1 fully saturated rings. The van der Waals surface area contributed by atoms with Gasteiger partial charge in [0.05, 0.1) is 17.6 Å². The van der Waals surface area contributed by atoms with E-state index in [0.717, 1.165) is 24.6 Å². The zero-order valence-corrected chi connectivity index (χ0v) is 18.2. The molecule has 4 rings (SSSR count). The third-order valence-corrected chi connectivity index (χ3v) is 7.85. The van der Waals surface area contributed by atoms with Crippen LogP contribution in [0, 0.1) is 5.92 Å². The molecule has 1 atom stereocenters. The molecule has 2 aromatic carbocycles. The maximum atomic E-state index is 13.2. The first-order chi connectivity index (χ1) is 14.6. The molecule has 0 spiro atoms. The number of nitrogens with zero attached hydrogens (tertiary/aromatic N) is 3. The minimum atomic E-state index is -3.73. The smallest absolute Gasteiger partial charge is 0.245 e. The second kappa shape index (κ2) is 9.20. The quantitative estimate of drug-likeness (QED) is 0.566. The lowest BCUT2D eigenvalue weighted by Crippen LogP contribution is -2.45. The summed E-state index contributed by atoms with van der Waals surface area (Å²) in [6.07, 6.45) is 3.10. The van der Waals surface area contributed by atoms with Crippen LogP contribution >= 0.6 is 11.7 Å². The fraction of sp³-hybridized carbons (Fsp3) is 0.381. The summed E-state index contributed by atoms with van der Waals surface area (Å²) in [5.74, 6) is -0.408. The van der Waals surface area contributed by atoms with Gasteiger partial charge >= 0.3 is 0 Å². The fourth-order valence-electron chi connectivity index (χ4n) is 3.80. The van der Waals surface area contributed by atoms with Crippen LogP contribution in [0.25, 0.3) is 11.0 Å². The Morgan fingerprint density at radius 1 is 1.13 bits per heavy atom. The number of benzene rings is 2. The van der Waals surface area contributed by atoms with Crippen LogP contribution in [-0.4, -0.2) is 47.0 Å². The van der Waals surface area contributed by atoms with Crippen molar-refractivity contribution in [2.24, 2.45) is 5.92 Å². The third-order valence-electron chi connectivity index (χ3n) is 5.41. The zero-order valence-electron chi connectivity index (χ0n) is 16.5. The molecule has 3 aromatic rings. The number of rotatable bonds is 7. The minimum Gasteiger partial charge on any atom is -0.356 e. The van der Waals surface area contributed by atoms with Crippen LogP contribution in [-0.2, 0) is 21.2 Å². The average Bonchev–Trinajstić information content (AvgIpc) is 3.26. The van der Waals surface area contributed by atoms with E-state index in [1.54, 1.807) is 18.2 Å². The summed E-state index contributed by atoms with van der Waals surface area (Å²) in [5.41, 5.74) is 2.22. The summed E-state index contributed by atoms with van der Waals surface area (Å²) < 4.78 is 36.1. The van der Waals surface area contributed by atoms with E-state index >= 15 is 0 Å². The largest absolute Gasteiger partial charge is 0.356 e. The summed E-state index contributed by atoms with van der Waals surface area (Å²) >= 11 is 0.998. The van der Waals surface area contributed by atoms with Gasteiger partial charge in [-0.25, -0.2) is 8.42 Å². The van der Waals surface area contributed by atoms with Crippen LogP contribution in [0.5, 0.6) is 0 Å². The Hall–Kier alpha value is -2.36. The van der Waals surface area contributed by atoms with E-state index in [9.17, 15) is 13.2 Å². The lowest BCUT2D eigenvalue weighted by Gasteiger charge is -2.31. The number of carbonyl (C=O) groups is 1. The number of hydrogen-bond donors (Lipinski definition) is 1. The SMILES string of the molecule is O=C(NCCCc1ccccc1)[C@@H]1CCCN(S(=O)(=O)c2cccc3nsnc23)C1. The number of amides is 1. The number of aromatic nitrogens is 2. The lowest BCUT2D eigenvalue weighted by atomic mass is 9.99. The maximum Gasteiger partial charge on any atom is 0.245 e. The molecule has 0 unspecified atom stereocenters. The van der Waals surface area contributed by atoms with Gasteiger partial charge in [-0.05, 0) is 43.4 Å². The van der Waals surface area contributed by atoms with Crippen LogP contribution in [0.4, 0.5) is 0 Å². The fourth-order valence-corrected chi connectivity index (χ4v) is 6.07. The molecule has 1 N–H and O–H groups in total. The molecule has 0 radical (unpaired) electrons. The van der Waals surface area contributed by atoms with Gasteiger partial charge in [0.15, 0.2) is 0 Å². The van der Waals surface area contributed by atoms with E-state index in [4.69, 9.17) is 0 Å². The molecule has 1 aromatic heterocycles. The second-order valence-corrected chi connectivity index (χ2v) is 9.91. The number of hydrogen-bond acceptors (Lipinski definition) is 6. The van der Waals surface area contributed by atoms with E-state index in [1.165, 1.54) is 9.87 Å². The Kier molecular flexibility index (Phi) is 6.40. The van der Waals surface area contributed by atoms with Gasteiger partial charge in [-0.1, -0.05) is 36.4 Å². The number of fused-ring (bicyclic) bond motifs is 1. The van der Waals surface area contributed by atoms with Crippen molar-refractivity contribution in [3.05, 3.63) is 54.1 Å². The van der Waals surface area contributed by atoms with Crippen molar-refractivity contribution in [2.45, 2.75) is 30.6 Å². The highest BCUT2D eigenvalue weighted by atomic mass is 32.2. The maximum absolute atomic E-state index is 13.2. The monoisotopic (exact) mass is 444 g/mol. The molecular formula is C21H24N4O3S2. The molecule has 0 aliphatic carbocycles. The first-order valence-electron chi connectivity index (χ1n) is 10.1. The van der Waals surface area contributed by atoms with Crippen LogP contribution in [0.3, 0.4) is 0 Å². The molecule has 30 heavy (non-hydrogen) atoms. The van der Waals surface area contributed by atoms with Crippen molar-refractivity contribution in [2.75, 3.05) is 19.6 Å². The summed E-state index contributed by atoms with van der Waals surface area (Å²) in [6, 6.07) is 15.1. The van der Waals surface area contributed by atoms with Crippen LogP contribution in [0.1, 0.15) is 24.8 Å². The number of carbonyl (C=O) groups excluding carboxylic acids is 1. The number of sulfonamides is 1. The lowest BCUT2D eigenvalue weighted by molar-refractivity contribution is -0.126. The summed E-state index contributed by atoms with van der Waals surface area (Å²) in [6.45, 7) is 1.19. The first-order valence-corrected chi connectivity index (χ1v) is 12.3. The summed E-state index contributed by atoms with van der Waals surface area (Å²) in [5, 5.41) is 2.98. The highest BCUT2D eigenvalue weighted by molar-refractivity contribution is 7.89.